The van der Waals surface area contributed by atoms with Crippen LogP contribution in [0.4, 0.5) is 5.69 Å². The first-order valence-electron chi connectivity index (χ1n) is 8.96. The highest BCUT2D eigenvalue weighted by Gasteiger charge is 2.23. The van der Waals surface area contributed by atoms with E-state index in [1.54, 1.807) is 56.3 Å². The zero-order chi connectivity index (χ0) is 21.9. The topological polar surface area (TPSA) is 110 Å². The second kappa shape index (κ2) is 8.68. The second-order valence-corrected chi connectivity index (χ2v) is 9.03. The molecule has 7 nitrogen and oxygen atoms in total. The summed E-state index contributed by atoms with van der Waals surface area (Å²) in [6, 6.07) is 14.4. The minimum absolute atomic E-state index is 0.0349. The van der Waals surface area contributed by atoms with Gasteiger partial charge in [0.2, 0.25) is 0 Å². The minimum Gasteiger partial charge on any atom is -0.477 e. The number of anilines is 1. The summed E-state index contributed by atoms with van der Waals surface area (Å²) in [5, 5.41) is 9.56. The van der Waals surface area contributed by atoms with Crippen molar-refractivity contribution in [2.75, 3.05) is 11.3 Å². The number of nitrogens with one attached hydrogen (secondary N) is 1. The van der Waals surface area contributed by atoms with E-state index >= 15 is 0 Å². The molecule has 0 aliphatic heterocycles. The number of carboxylic acid groups (broad SMARTS) is 1. The van der Waals surface area contributed by atoms with Gasteiger partial charge < -0.3 is 9.84 Å². The van der Waals surface area contributed by atoms with Crippen LogP contribution in [0.5, 0.6) is 0 Å². The van der Waals surface area contributed by atoms with Crippen molar-refractivity contribution < 1.29 is 27.9 Å². The normalized spacial score (nSPS) is 11.1. The van der Waals surface area contributed by atoms with E-state index < -0.39 is 22.0 Å². The molecule has 1 aromatic heterocycles. The second-order valence-electron chi connectivity index (χ2n) is 6.33. The zero-order valence-corrected chi connectivity index (χ0v) is 17.8. The fourth-order valence-electron chi connectivity index (χ4n) is 2.84. The molecule has 0 bridgehead atoms. The first kappa shape index (κ1) is 21.5. The summed E-state index contributed by atoms with van der Waals surface area (Å²) in [6.45, 7) is 3.59. The first-order chi connectivity index (χ1) is 14.2. The Morgan fingerprint density at radius 2 is 1.83 bits per heavy atom. The van der Waals surface area contributed by atoms with Crippen LogP contribution >= 0.6 is 11.3 Å². The number of aryl methyl sites for hydroxylation is 1. The van der Waals surface area contributed by atoms with Crippen molar-refractivity contribution in [3.63, 3.8) is 0 Å². The summed E-state index contributed by atoms with van der Waals surface area (Å²) >= 11 is 0.916. The van der Waals surface area contributed by atoms with Gasteiger partial charge in [-0.2, -0.15) is 0 Å². The monoisotopic (exact) mass is 445 g/mol. The third-order valence-corrected chi connectivity index (χ3v) is 6.91. The van der Waals surface area contributed by atoms with Crippen molar-refractivity contribution in [3.8, 4) is 10.4 Å². The standard InChI is InChI=1S/C21H19NO6S2/c1-3-28-21(25)15-9-6-8-14(11-15)17-12-16(19(29-17)20(23)24)22-30(26,27)18-10-5-4-7-13(18)2/h4-12,22H,3H2,1-2H3,(H,23,24). The van der Waals surface area contributed by atoms with Gasteiger partial charge in [-0.1, -0.05) is 30.3 Å². The van der Waals surface area contributed by atoms with Crippen molar-refractivity contribution in [1.82, 2.24) is 0 Å². The Kier molecular flexibility index (Phi) is 6.23. The van der Waals surface area contributed by atoms with Gasteiger partial charge in [0, 0.05) is 4.88 Å². The fourth-order valence-corrected chi connectivity index (χ4v) is 5.16. The lowest BCUT2D eigenvalue weighted by Gasteiger charge is -2.09. The number of ether oxygens (including phenoxy) is 1. The molecule has 0 aliphatic carbocycles. The summed E-state index contributed by atoms with van der Waals surface area (Å²) in [5.41, 5.74) is 1.41. The number of carbonyl (C=O) groups is 2. The Morgan fingerprint density at radius 1 is 1.10 bits per heavy atom. The molecule has 0 amide bonds. The Balaban J connectivity index is 2.01. The van der Waals surface area contributed by atoms with Crippen molar-refractivity contribution in [1.29, 1.82) is 0 Å². The van der Waals surface area contributed by atoms with Gasteiger partial charge in [-0.3, -0.25) is 4.72 Å². The predicted molar refractivity (Wildman–Crippen MR) is 115 cm³/mol. The highest BCUT2D eigenvalue weighted by Crippen LogP contribution is 2.36. The first-order valence-corrected chi connectivity index (χ1v) is 11.3. The molecule has 3 rings (SSSR count). The van der Waals surface area contributed by atoms with Crippen LogP contribution in [0.3, 0.4) is 0 Å². The van der Waals surface area contributed by atoms with E-state index in [9.17, 15) is 23.1 Å². The van der Waals surface area contributed by atoms with E-state index in [1.165, 1.54) is 12.1 Å². The number of benzene rings is 2. The van der Waals surface area contributed by atoms with Crippen LogP contribution in [-0.2, 0) is 14.8 Å². The van der Waals surface area contributed by atoms with Gasteiger partial charge in [0.05, 0.1) is 22.8 Å². The summed E-state index contributed by atoms with van der Waals surface area (Å²) in [7, 11) is -3.98. The van der Waals surface area contributed by atoms with Crippen LogP contribution in [0.2, 0.25) is 0 Å². The number of thiophene rings is 1. The average molecular weight is 446 g/mol. The fraction of sp³-hybridized carbons (Fsp3) is 0.143. The lowest BCUT2D eigenvalue weighted by atomic mass is 10.1. The SMILES string of the molecule is CCOC(=O)c1cccc(-c2cc(NS(=O)(=O)c3ccccc3C)c(C(=O)O)s2)c1. The van der Waals surface area contributed by atoms with Gasteiger partial charge >= 0.3 is 11.9 Å². The van der Waals surface area contributed by atoms with Crippen molar-refractivity contribution in [2.24, 2.45) is 0 Å². The smallest absolute Gasteiger partial charge is 0.348 e. The van der Waals surface area contributed by atoms with Gasteiger partial charge in [0.25, 0.3) is 10.0 Å². The Bertz CT molecular complexity index is 1210. The summed E-state index contributed by atoms with van der Waals surface area (Å²) in [4.78, 5) is 24.1. The van der Waals surface area contributed by atoms with Crippen molar-refractivity contribution in [2.45, 2.75) is 18.7 Å². The maximum absolute atomic E-state index is 12.8. The number of hydrogen-bond donors (Lipinski definition) is 2. The van der Waals surface area contributed by atoms with Crippen LogP contribution < -0.4 is 4.72 Å². The van der Waals surface area contributed by atoms with E-state index in [-0.39, 0.29) is 22.1 Å². The molecule has 3 aromatic rings. The number of esters is 1. The molecule has 2 aromatic carbocycles. The van der Waals surface area contributed by atoms with Gasteiger partial charge in [-0.05, 0) is 49.2 Å². The van der Waals surface area contributed by atoms with Crippen LogP contribution in [0.25, 0.3) is 10.4 Å². The van der Waals surface area contributed by atoms with Gasteiger partial charge in [-0.25, -0.2) is 18.0 Å². The number of rotatable bonds is 7. The number of sulfonamides is 1. The van der Waals surface area contributed by atoms with Gasteiger partial charge in [0.1, 0.15) is 4.88 Å². The summed E-state index contributed by atoms with van der Waals surface area (Å²) < 4.78 is 33.0. The molecule has 0 aliphatic rings. The molecule has 0 saturated heterocycles. The Labute approximate surface area is 178 Å². The van der Waals surface area contributed by atoms with Crippen LogP contribution in [0, 0.1) is 6.92 Å². The van der Waals surface area contributed by atoms with E-state index in [0.717, 1.165) is 11.3 Å². The molecular formula is C21H19NO6S2. The van der Waals surface area contributed by atoms with Crippen LogP contribution in [-0.4, -0.2) is 32.1 Å². The van der Waals surface area contributed by atoms with Gasteiger partial charge in [-0.15, -0.1) is 11.3 Å². The maximum Gasteiger partial charge on any atom is 0.348 e. The third kappa shape index (κ3) is 4.52. The Hall–Kier alpha value is -3.17. The summed E-state index contributed by atoms with van der Waals surface area (Å²) in [6.07, 6.45) is 0. The molecule has 0 radical (unpaired) electrons. The highest BCUT2D eigenvalue weighted by molar-refractivity contribution is 7.92. The molecule has 0 saturated carbocycles. The number of hydrogen-bond acceptors (Lipinski definition) is 6. The van der Waals surface area contributed by atoms with Crippen LogP contribution in [0.1, 0.15) is 32.5 Å². The van der Waals surface area contributed by atoms with Crippen molar-refractivity contribution in [3.05, 3.63) is 70.6 Å². The van der Waals surface area contributed by atoms with Gasteiger partial charge in [0.15, 0.2) is 0 Å². The number of carbonyl (C=O) groups excluding carboxylic acids is 1. The van der Waals surface area contributed by atoms with E-state index in [2.05, 4.69) is 4.72 Å². The molecule has 1 heterocycles. The average Bonchev–Trinajstić information content (AvgIpc) is 3.12. The molecule has 0 fully saturated rings. The lowest BCUT2D eigenvalue weighted by Crippen LogP contribution is -2.15. The van der Waals surface area contributed by atoms with E-state index in [4.69, 9.17) is 4.74 Å². The van der Waals surface area contributed by atoms with E-state index in [0.29, 0.717) is 21.6 Å². The molecule has 9 heteroatoms. The van der Waals surface area contributed by atoms with Crippen molar-refractivity contribution >= 4 is 39.0 Å². The molecule has 0 atom stereocenters. The quantitative estimate of drug-likeness (QED) is 0.522. The predicted octanol–water partition coefficient (Wildman–Crippen LogP) is 4.40. The molecule has 0 unspecified atom stereocenters. The van der Waals surface area contributed by atoms with E-state index in [1.807, 2.05) is 0 Å². The molecule has 2 N–H and O–H groups in total. The molecule has 156 valence electrons. The molecule has 30 heavy (non-hydrogen) atoms. The Morgan fingerprint density at radius 3 is 2.50 bits per heavy atom. The maximum atomic E-state index is 12.8. The number of carboxylic acids is 1. The molecule has 0 spiro atoms. The summed E-state index contributed by atoms with van der Waals surface area (Å²) in [5.74, 6) is -1.75. The van der Waals surface area contributed by atoms with Crippen LogP contribution in [0.15, 0.2) is 59.5 Å². The zero-order valence-electron chi connectivity index (χ0n) is 16.2. The minimum atomic E-state index is -3.98. The largest absolute Gasteiger partial charge is 0.477 e. The molecular weight excluding hydrogens is 426 g/mol. The lowest BCUT2D eigenvalue weighted by molar-refractivity contribution is 0.0526. The third-order valence-electron chi connectivity index (χ3n) is 4.21. The number of aromatic carboxylic acids is 1. The highest BCUT2D eigenvalue weighted by atomic mass is 32.2.